The molecule has 0 aromatic heterocycles. The van der Waals surface area contributed by atoms with Gasteiger partial charge in [0.15, 0.2) is 15.6 Å². The number of hydrogen-bond donors (Lipinski definition) is 1. The standard InChI is InChI=1S/C21H15BrClNO4S/c22-15-6-11-19(18(12-15)21(26)14-4-2-1-3-5-14)24-20(25)13-29(27,28)17-9-7-16(23)8-10-17/h1-12H,13H2,(H,24,25). The molecule has 0 spiro atoms. The van der Waals surface area contributed by atoms with E-state index in [1.54, 1.807) is 48.5 Å². The summed E-state index contributed by atoms with van der Waals surface area (Å²) in [6.07, 6.45) is 0. The number of nitrogens with one attached hydrogen (secondary N) is 1. The number of carbonyl (C=O) groups is 2. The highest BCUT2D eigenvalue weighted by molar-refractivity contribution is 9.10. The summed E-state index contributed by atoms with van der Waals surface area (Å²) in [6.45, 7) is 0. The molecule has 29 heavy (non-hydrogen) atoms. The normalized spacial score (nSPS) is 11.1. The third kappa shape index (κ3) is 5.32. The van der Waals surface area contributed by atoms with Crippen LogP contribution in [0.4, 0.5) is 5.69 Å². The van der Waals surface area contributed by atoms with Crippen LogP contribution in [-0.2, 0) is 14.6 Å². The summed E-state index contributed by atoms with van der Waals surface area (Å²) in [4.78, 5) is 25.3. The monoisotopic (exact) mass is 491 g/mol. The third-order valence-corrected chi connectivity index (χ3v) is 6.41. The Balaban J connectivity index is 1.84. The van der Waals surface area contributed by atoms with Gasteiger partial charge >= 0.3 is 0 Å². The van der Waals surface area contributed by atoms with Gasteiger partial charge < -0.3 is 5.32 Å². The molecule has 1 amide bonds. The quantitative estimate of drug-likeness (QED) is 0.504. The van der Waals surface area contributed by atoms with Gasteiger partial charge in [0, 0.05) is 20.6 Å². The molecule has 3 rings (SSSR count). The summed E-state index contributed by atoms with van der Waals surface area (Å²) >= 11 is 9.09. The number of hydrogen-bond acceptors (Lipinski definition) is 4. The first kappa shape index (κ1) is 21.2. The van der Waals surface area contributed by atoms with Crippen molar-refractivity contribution in [3.05, 3.63) is 93.4 Å². The first-order valence-corrected chi connectivity index (χ1v) is 11.3. The Hall–Kier alpha value is -2.48. The van der Waals surface area contributed by atoms with Gasteiger partial charge in [-0.05, 0) is 42.5 Å². The molecule has 1 N–H and O–H groups in total. The lowest BCUT2D eigenvalue weighted by Crippen LogP contribution is -2.24. The molecule has 3 aromatic carbocycles. The van der Waals surface area contributed by atoms with Gasteiger partial charge in [0.1, 0.15) is 5.75 Å². The van der Waals surface area contributed by atoms with E-state index in [9.17, 15) is 18.0 Å². The average molecular weight is 493 g/mol. The van der Waals surface area contributed by atoms with Crippen molar-refractivity contribution < 1.29 is 18.0 Å². The number of benzene rings is 3. The van der Waals surface area contributed by atoms with E-state index in [1.165, 1.54) is 24.3 Å². The summed E-state index contributed by atoms with van der Waals surface area (Å²) in [5.41, 5.74) is 0.941. The van der Waals surface area contributed by atoms with E-state index in [2.05, 4.69) is 21.2 Å². The van der Waals surface area contributed by atoms with Crippen LogP contribution in [0.25, 0.3) is 0 Å². The van der Waals surface area contributed by atoms with Crippen molar-refractivity contribution in [2.45, 2.75) is 4.90 Å². The zero-order valence-electron chi connectivity index (χ0n) is 14.9. The van der Waals surface area contributed by atoms with Crippen LogP contribution in [0.5, 0.6) is 0 Å². The number of ketones is 1. The second-order valence-electron chi connectivity index (χ2n) is 6.15. The highest BCUT2D eigenvalue weighted by Crippen LogP contribution is 2.24. The minimum atomic E-state index is -3.85. The first-order chi connectivity index (χ1) is 13.8. The second kappa shape index (κ2) is 8.90. The molecule has 0 aliphatic rings. The maximum absolute atomic E-state index is 12.8. The Morgan fingerprint density at radius 3 is 2.24 bits per heavy atom. The van der Waals surface area contributed by atoms with Crippen LogP contribution < -0.4 is 5.32 Å². The van der Waals surface area contributed by atoms with Crippen molar-refractivity contribution in [1.29, 1.82) is 0 Å². The molecular weight excluding hydrogens is 478 g/mol. The summed E-state index contributed by atoms with van der Waals surface area (Å²) in [6, 6.07) is 19.0. The smallest absolute Gasteiger partial charge is 0.239 e. The zero-order chi connectivity index (χ0) is 21.0. The molecule has 5 nitrogen and oxygen atoms in total. The SMILES string of the molecule is O=C(CS(=O)(=O)c1ccc(Cl)cc1)Nc1ccc(Br)cc1C(=O)c1ccccc1. The highest BCUT2D eigenvalue weighted by atomic mass is 79.9. The fourth-order valence-corrected chi connectivity index (χ4v) is 4.26. The Morgan fingerprint density at radius 2 is 1.59 bits per heavy atom. The molecule has 0 unspecified atom stereocenters. The summed E-state index contributed by atoms with van der Waals surface area (Å²) in [5, 5.41) is 2.94. The molecule has 0 atom stereocenters. The van der Waals surface area contributed by atoms with Crippen LogP contribution in [0.1, 0.15) is 15.9 Å². The maximum Gasteiger partial charge on any atom is 0.239 e. The molecule has 0 radical (unpaired) electrons. The molecule has 0 saturated carbocycles. The van der Waals surface area contributed by atoms with Gasteiger partial charge in [0.25, 0.3) is 0 Å². The lowest BCUT2D eigenvalue weighted by Gasteiger charge is -2.12. The number of amides is 1. The van der Waals surface area contributed by atoms with Crippen molar-refractivity contribution in [2.24, 2.45) is 0 Å². The minimum Gasteiger partial charge on any atom is -0.325 e. The molecule has 148 valence electrons. The van der Waals surface area contributed by atoms with E-state index in [0.717, 1.165) is 0 Å². The van der Waals surface area contributed by atoms with E-state index < -0.39 is 21.5 Å². The summed E-state index contributed by atoms with van der Waals surface area (Å²) < 4.78 is 25.6. The molecular formula is C21H15BrClNO4S. The molecule has 0 saturated heterocycles. The molecule has 0 heterocycles. The number of carbonyl (C=O) groups excluding carboxylic acids is 2. The van der Waals surface area contributed by atoms with Crippen LogP contribution in [0.2, 0.25) is 5.02 Å². The van der Waals surface area contributed by atoms with Gasteiger partial charge in [-0.1, -0.05) is 57.9 Å². The van der Waals surface area contributed by atoms with E-state index in [-0.39, 0.29) is 21.9 Å². The Labute approximate surface area is 181 Å². The second-order valence-corrected chi connectivity index (χ2v) is 9.49. The largest absolute Gasteiger partial charge is 0.325 e. The molecule has 0 aliphatic carbocycles. The summed E-state index contributed by atoms with van der Waals surface area (Å²) in [7, 11) is -3.85. The van der Waals surface area contributed by atoms with E-state index in [4.69, 9.17) is 11.6 Å². The van der Waals surface area contributed by atoms with Gasteiger partial charge in [-0.2, -0.15) is 0 Å². The topological polar surface area (TPSA) is 80.3 Å². The lowest BCUT2D eigenvalue weighted by atomic mass is 10.0. The number of halogens is 2. The molecule has 0 aliphatic heterocycles. The first-order valence-electron chi connectivity index (χ1n) is 8.44. The third-order valence-electron chi connectivity index (χ3n) is 4.03. The maximum atomic E-state index is 12.8. The predicted molar refractivity (Wildman–Crippen MR) is 116 cm³/mol. The van der Waals surface area contributed by atoms with Crippen LogP contribution >= 0.6 is 27.5 Å². The van der Waals surface area contributed by atoms with Crippen LogP contribution in [0.15, 0.2) is 82.2 Å². The number of sulfone groups is 1. The fraction of sp³-hybridized carbons (Fsp3) is 0.0476. The molecule has 8 heteroatoms. The van der Waals surface area contributed by atoms with E-state index in [1.807, 2.05) is 0 Å². The Kier molecular flexibility index (Phi) is 6.52. The van der Waals surface area contributed by atoms with Crippen molar-refractivity contribution in [3.63, 3.8) is 0 Å². The van der Waals surface area contributed by atoms with Crippen molar-refractivity contribution in [2.75, 3.05) is 11.1 Å². The van der Waals surface area contributed by atoms with Crippen molar-refractivity contribution in [1.82, 2.24) is 0 Å². The van der Waals surface area contributed by atoms with Gasteiger partial charge in [0.05, 0.1) is 10.6 Å². The average Bonchev–Trinajstić information content (AvgIpc) is 2.69. The minimum absolute atomic E-state index is 0.00607. The van der Waals surface area contributed by atoms with E-state index in [0.29, 0.717) is 15.1 Å². The lowest BCUT2D eigenvalue weighted by molar-refractivity contribution is -0.113. The van der Waals surface area contributed by atoms with Crippen molar-refractivity contribution in [3.8, 4) is 0 Å². The predicted octanol–water partition coefficient (Wildman–Crippen LogP) is 4.75. The van der Waals surface area contributed by atoms with Gasteiger partial charge in [-0.3, -0.25) is 9.59 Å². The molecule has 3 aromatic rings. The number of anilines is 1. The van der Waals surface area contributed by atoms with Crippen LogP contribution in [-0.4, -0.2) is 25.9 Å². The molecule has 0 bridgehead atoms. The van der Waals surface area contributed by atoms with Crippen LogP contribution in [0, 0.1) is 0 Å². The highest BCUT2D eigenvalue weighted by Gasteiger charge is 2.21. The van der Waals surface area contributed by atoms with E-state index >= 15 is 0 Å². The number of rotatable bonds is 6. The Morgan fingerprint density at radius 1 is 0.931 bits per heavy atom. The summed E-state index contributed by atoms with van der Waals surface area (Å²) in [5.74, 6) is -1.80. The van der Waals surface area contributed by atoms with Gasteiger partial charge in [0.2, 0.25) is 5.91 Å². The Bertz CT molecular complexity index is 1160. The van der Waals surface area contributed by atoms with Crippen molar-refractivity contribution >= 4 is 54.7 Å². The van der Waals surface area contributed by atoms with Gasteiger partial charge in [-0.15, -0.1) is 0 Å². The molecule has 0 fully saturated rings. The zero-order valence-corrected chi connectivity index (χ0v) is 18.1. The fourth-order valence-electron chi connectivity index (χ4n) is 2.64. The van der Waals surface area contributed by atoms with Crippen LogP contribution in [0.3, 0.4) is 0 Å². The van der Waals surface area contributed by atoms with Gasteiger partial charge in [-0.25, -0.2) is 8.42 Å².